The molecule has 7 heavy (non-hydrogen) atoms. The van der Waals surface area contributed by atoms with Crippen LogP contribution in [-0.2, 0) is 32.7 Å². The molecular weight excluding hydrogens is 128 g/mol. The molecule has 0 aromatic carbocycles. The summed E-state index contributed by atoms with van der Waals surface area (Å²) in [5.41, 5.74) is 0. The van der Waals surface area contributed by atoms with Crippen LogP contribution in [0.4, 0.5) is 0 Å². The molecule has 0 spiro atoms. The van der Waals surface area contributed by atoms with Crippen molar-refractivity contribution >= 4 is 0 Å². The van der Waals surface area contributed by atoms with Gasteiger partial charge in [0.2, 0.25) is 0 Å². The maximum atomic E-state index is 3.64. The molecule has 0 aromatic rings. The normalized spacial score (nSPS) is 5.14. The van der Waals surface area contributed by atoms with Crippen LogP contribution in [0.5, 0.6) is 0 Å². The molecule has 0 bridgehead atoms. The van der Waals surface area contributed by atoms with Gasteiger partial charge < -0.3 is 17.9 Å². The van der Waals surface area contributed by atoms with Crippen molar-refractivity contribution in [3.8, 4) is 0 Å². The van der Waals surface area contributed by atoms with Crippen molar-refractivity contribution in [3.63, 3.8) is 0 Å². The zero-order valence-corrected chi connectivity index (χ0v) is 6.16. The molecule has 0 aliphatic carbocycles. The second kappa shape index (κ2) is 15.9. The molecule has 0 saturated carbocycles. The Morgan fingerprint density at radius 1 is 1.14 bits per heavy atom. The van der Waals surface area contributed by atoms with Crippen LogP contribution in [-0.4, -0.2) is 0 Å². The van der Waals surface area contributed by atoms with E-state index in [1.54, 1.807) is 0 Å². The second-order valence-corrected chi connectivity index (χ2v) is 1.39. The Bertz CT molecular complexity index is 14.4. The summed E-state index contributed by atoms with van der Waals surface area (Å²) >= 11 is 0. The molecule has 0 saturated heterocycles. The van der Waals surface area contributed by atoms with Crippen LogP contribution in [0.1, 0.15) is 13.8 Å². The minimum atomic E-state index is 0. The van der Waals surface area contributed by atoms with Crippen molar-refractivity contribution in [1.29, 1.82) is 0 Å². The van der Waals surface area contributed by atoms with Gasteiger partial charge in [-0.2, -0.15) is 5.92 Å². The molecule has 2 nitrogen and oxygen atoms in total. The zero-order valence-electron chi connectivity index (χ0n) is 4.60. The second-order valence-electron chi connectivity index (χ2n) is 1.39. The van der Waals surface area contributed by atoms with Gasteiger partial charge in [-0.05, 0) is 0 Å². The third-order valence-corrected chi connectivity index (χ3v) is 0. The van der Waals surface area contributed by atoms with Crippen molar-refractivity contribution in [3.05, 3.63) is 6.92 Å². The van der Waals surface area contributed by atoms with E-state index in [2.05, 4.69) is 20.8 Å². The SMILES string of the molecule is [CH2-]C(C)C.[O-2].[O-2].[Ti+4]. The van der Waals surface area contributed by atoms with E-state index in [1.165, 1.54) is 0 Å². The number of rotatable bonds is 0. The van der Waals surface area contributed by atoms with Gasteiger partial charge in [0.25, 0.3) is 0 Å². The number of hydrogen-bond acceptors (Lipinski definition) is 0. The van der Waals surface area contributed by atoms with Crippen LogP contribution >= 0.6 is 0 Å². The predicted molar refractivity (Wildman–Crippen MR) is 21.6 cm³/mol. The molecule has 0 unspecified atom stereocenters. The first-order valence-corrected chi connectivity index (χ1v) is 1.56. The van der Waals surface area contributed by atoms with Gasteiger partial charge in [0.1, 0.15) is 0 Å². The molecule has 0 radical (unpaired) electrons. The van der Waals surface area contributed by atoms with Crippen LogP contribution in [0.25, 0.3) is 0 Å². The first-order valence-electron chi connectivity index (χ1n) is 1.56. The summed E-state index contributed by atoms with van der Waals surface area (Å²) in [4.78, 5) is 0. The Hall–Kier alpha value is 0.634. The molecule has 0 aromatic heterocycles. The fourth-order valence-electron chi connectivity index (χ4n) is 0. The van der Waals surface area contributed by atoms with E-state index >= 15 is 0 Å². The van der Waals surface area contributed by atoms with Gasteiger partial charge in [-0.15, -0.1) is 0 Å². The summed E-state index contributed by atoms with van der Waals surface area (Å²) in [5, 5.41) is 0. The summed E-state index contributed by atoms with van der Waals surface area (Å²) in [6.45, 7) is 7.75. The summed E-state index contributed by atoms with van der Waals surface area (Å²) < 4.78 is 0. The smallest absolute Gasteiger partial charge is 2.00 e. The Labute approximate surface area is 59.8 Å². The van der Waals surface area contributed by atoms with Crippen LogP contribution in [0.2, 0.25) is 0 Å². The third-order valence-electron chi connectivity index (χ3n) is 0. The zero-order chi connectivity index (χ0) is 3.58. The molecule has 0 aliphatic rings. The molecule has 0 atom stereocenters. The molecule has 0 N–H and O–H groups in total. The van der Waals surface area contributed by atoms with E-state index in [0.717, 1.165) is 0 Å². The van der Waals surface area contributed by atoms with Crippen molar-refractivity contribution in [2.45, 2.75) is 13.8 Å². The van der Waals surface area contributed by atoms with Gasteiger partial charge in [0.15, 0.2) is 0 Å². The van der Waals surface area contributed by atoms with Crippen LogP contribution in [0.3, 0.4) is 0 Å². The minimum Gasteiger partial charge on any atom is -2.00 e. The molecule has 0 fully saturated rings. The molecule has 0 aliphatic heterocycles. The Kier molecular flexibility index (Phi) is 58.0. The third kappa shape index (κ3) is 354. The fraction of sp³-hybridized carbons (Fsp3) is 0.750. The Morgan fingerprint density at radius 2 is 1.14 bits per heavy atom. The van der Waals surface area contributed by atoms with Crippen molar-refractivity contribution in [1.82, 2.24) is 0 Å². The average molecular weight is 137 g/mol. The van der Waals surface area contributed by atoms with Crippen LogP contribution < -0.4 is 0 Å². The predicted octanol–water partition coefficient (Wildman–Crippen LogP) is 1.24. The van der Waals surface area contributed by atoms with Gasteiger partial charge >= 0.3 is 21.7 Å². The molecule has 0 rings (SSSR count). The maximum Gasteiger partial charge on any atom is 4.00 e. The summed E-state index contributed by atoms with van der Waals surface area (Å²) in [5.74, 6) is 0.583. The van der Waals surface area contributed by atoms with E-state index in [-0.39, 0.29) is 32.7 Å². The summed E-state index contributed by atoms with van der Waals surface area (Å²) in [6, 6.07) is 0. The minimum absolute atomic E-state index is 0. The monoisotopic (exact) mass is 137 g/mol. The van der Waals surface area contributed by atoms with Gasteiger partial charge in [-0.25, -0.2) is 0 Å². The van der Waals surface area contributed by atoms with Gasteiger partial charge in [0.05, 0.1) is 0 Å². The quantitative estimate of drug-likeness (QED) is 0.356. The van der Waals surface area contributed by atoms with Crippen LogP contribution in [0.15, 0.2) is 0 Å². The van der Waals surface area contributed by atoms with E-state index in [0.29, 0.717) is 5.92 Å². The standard InChI is InChI=1S/C4H9.2O.Ti/c1-4(2)3;;;/h4H,1H2,2-3H3;;;/q-1;2*-2;+4. The Morgan fingerprint density at radius 3 is 1.14 bits per heavy atom. The van der Waals surface area contributed by atoms with Gasteiger partial charge in [-0.1, -0.05) is 13.8 Å². The molecule has 42 valence electrons. The topological polar surface area (TPSA) is 57.0 Å². The molecule has 0 amide bonds. The fourth-order valence-corrected chi connectivity index (χ4v) is 0. The van der Waals surface area contributed by atoms with Crippen LogP contribution in [0, 0.1) is 12.8 Å². The van der Waals surface area contributed by atoms with Gasteiger partial charge in [-0.3, -0.25) is 0 Å². The first-order chi connectivity index (χ1) is 1.73. The van der Waals surface area contributed by atoms with E-state index in [1.807, 2.05) is 0 Å². The van der Waals surface area contributed by atoms with Gasteiger partial charge in [0, 0.05) is 0 Å². The molecule has 0 heterocycles. The van der Waals surface area contributed by atoms with E-state index in [4.69, 9.17) is 0 Å². The largest absolute Gasteiger partial charge is 4.00 e. The molecular formula is C4H9O2Ti-. The van der Waals surface area contributed by atoms with Crippen molar-refractivity contribution < 1.29 is 32.7 Å². The van der Waals surface area contributed by atoms with Crippen molar-refractivity contribution in [2.24, 2.45) is 5.92 Å². The summed E-state index contributed by atoms with van der Waals surface area (Å²) in [7, 11) is 0. The van der Waals surface area contributed by atoms with E-state index < -0.39 is 0 Å². The first kappa shape index (κ1) is 25.4. The maximum absolute atomic E-state index is 3.64. The van der Waals surface area contributed by atoms with Crippen molar-refractivity contribution in [2.75, 3.05) is 0 Å². The average Bonchev–Trinajstić information content (AvgIpc) is 0.811. The number of hydrogen-bond donors (Lipinski definition) is 0. The Balaban J connectivity index is -0.0000000150. The molecule has 3 heteroatoms. The summed E-state index contributed by atoms with van der Waals surface area (Å²) in [6.07, 6.45) is 0. The van der Waals surface area contributed by atoms with E-state index in [9.17, 15) is 0 Å².